The predicted octanol–water partition coefficient (Wildman–Crippen LogP) is 5.21. The SMILES string of the molecule is Cc1c(Br)ccc(NC(=O)[C@@H]2CC(=O)N(c3cccc4ccccc34)C2)c1C. The van der Waals surface area contributed by atoms with Crippen LogP contribution in [-0.4, -0.2) is 18.4 Å². The topological polar surface area (TPSA) is 49.4 Å². The standard InChI is InChI=1S/C23H21BrN2O2/c1-14-15(2)20(11-10-19(14)24)25-23(28)17-12-22(27)26(13-17)21-9-5-7-16-6-3-4-8-18(16)21/h3-11,17H,12-13H2,1-2H3,(H,25,28)/t17-/m1/s1. The molecule has 5 heteroatoms. The summed E-state index contributed by atoms with van der Waals surface area (Å²) < 4.78 is 1.01. The highest BCUT2D eigenvalue weighted by Gasteiger charge is 2.35. The number of hydrogen-bond acceptors (Lipinski definition) is 2. The highest BCUT2D eigenvalue weighted by Crippen LogP contribution is 2.32. The molecule has 1 heterocycles. The summed E-state index contributed by atoms with van der Waals surface area (Å²) in [5.41, 5.74) is 3.78. The summed E-state index contributed by atoms with van der Waals surface area (Å²) >= 11 is 3.51. The molecule has 142 valence electrons. The summed E-state index contributed by atoms with van der Waals surface area (Å²) in [5.74, 6) is -0.490. The van der Waals surface area contributed by atoms with E-state index in [1.54, 1.807) is 4.90 Å². The molecule has 0 saturated carbocycles. The summed E-state index contributed by atoms with van der Waals surface area (Å²) in [6.07, 6.45) is 0.226. The molecule has 1 fully saturated rings. The molecule has 1 aliphatic rings. The Labute approximate surface area is 172 Å². The first-order chi connectivity index (χ1) is 13.5. The van der Waals surface area contributed by atoms with Gasteiger partial charge in [0.2, 0.25) is 11.8 Å². The Kier molecular flexibility index (Phi) is 4.94. The second-order valence-corrected chi connectivity index (χ2v) is 8.09. The van der Waals surface area contributed by atoms with E-state index in [4.69, 9.17) is 0 Å². The van der Waals surface area contributed by atoms with E-state index in [9.17, 15) is 9.59 Å². The molecule has 0 bridgehead atoms. The number of hydrogen-bond donors (Lipinski definition) is 1. The second-order valence-electron chi connectivity index (χ2n) is 7.24. The lowest BCUT2D eigenvalue weighted by atomic mass is 10.1. The van der Waals surface area contributed by atoms with Gasteiger partial charge in [-0.15, -0.1) is 0 Å². The molecule has 0 aromatic heterocycles. The maximum absolute atomic E-state index is 12.8. The summed E-state index contributed by atoms with van der Waals surface area (Å²) in [4.78, 5) is 27.3. The Hall–Kier alpha value is -2.66. The summed E-state index contributed by atoms with van der Waals surface area (Å²) in [7, 11) is 0. The molecular weight excluding hydrogens is 416 g/mol. The van der Waals surface area contributed by atoms with Crippen molar-refractivity contribution in [3.05, 3.63) is 70.2 Å². The number of benzene rings is 3. The smallest absolute Gasteiger partial charge is 0.229 e. The molecule has 0 radical (unpaired) electrons. The van der Waals surface area contributed by atoms with E-state index < -0.39 is 0 Å². The first-order valence-corrected chi connectivity index (χ1v) is 10.1. The van der Waals surface area contributed by atoms with Gasteiger partial charge < -0.3 is 10.2 Å². The number of nitrogens with zero attached hydrogens (tertiary/aromatic N) is 1. The number of carbonyl (C=O) groups excluding carboxylic acids is 2. The quantitative estimate of drug-likeness (QED) is 0.612. The van der Waals surface area contributed by atoms with Crippen LogP contribution < -0.4 is 10.2 Å². The molecule has 3 aromatic carbocycles. The van der Waals surface area contributed by atoms with Crippen LogP contribution in [0.1, 0.15) is 17.5 Å². The fourth-order valence-electron chi connectivity index (χ4n) is 3.72. The number of anilines is 2. The third kappa shape index (κ3) is 3.31. The van der Waals surface area contributed by atoms with Crippen LogP contribution in [-0.2, 0) is 9.59 Å². The molecule has 0 unspecified atom stereocenters. The molecule has 0 spiro atoms. The lowest BCUT2D eigenvalue weighted by Crippen LogP contribution is -2.28. The average molecular weight is 437 g/mol. The van der Waals surface area contributed by atoms with Crippen molar-refractivity contribution in [2.75, 3.05) is 16.8 Å². The normalized spacial score (nSPS) is 16.6. The molecule has 4 rings (SSSR count). The van der Waals surface area contributed by atoms with E-state index in [-0.39, 0.29) is 24.2 Å². The highest BCUT2D eigenvalue weighted by atomic mass is 79.9. The van der Waals surface area contributed by atoms with Gasteiger partial charge in [-0.05, 0) is 48.6 Å². The van der Waals surface area contributed by atoms with Crippen molar-refractivity contribution < 1.29 is 9.59 Å². The maximum Gasteiger partial charge on any atom is 0.229 e. The van der Waals surface area contributed by atoms with Gasteiger partial charge >= 0.3 is 0 Å². The van der Waals surface area contributed by atoms with Gasteiger partial charge in [-0.3, -0.25) is 9.59 Å². The van der Waals surface area contributed by atoms with E-state index >= 15 is 0 Å². The summed E-state index contributed by atoms with van der Waals surface area (Å²) in [6, 6.07) is 17.7. The Morgan fingerprint density at radius 1 is 1.04 bits per heavy atom. The van der Waals surface area contributed by atoms with E-state index in [0.29, 0.717) is 6.54 Å². The number of halogens is 1. The van der Waals surface area contributed by atoms with E-state index in [1.807, 2.05) is 68.4 Å². The zero-order valence-corrected chi connectivity index (χ0v) is 17.4. The zero-order valence-electron chi connectivity index (χ0n) is 15.8. The summed E-state index contributed by atoms with van der Waals surface area (Å²) in [6.45, 7) is 4.39. The first-order valence-electron chi connectivity index (χ1n) is 9.30. The lowest BCUT2D eigenvalue weighted by molar-refractivity contribution is -0.122. The van der Waals surface area contributed by atoms with Crippen molar-refractivity contribution >= 4 is 49.9 Å². The third-order valence-corrected chi connectivity index (χ3v) is 6.39. The second kappa shape index (κ2) is 7.40. The fourth-order valence-corrected chi connectivity index (χ4v) is 4.15. The van der Waals surface area contributed by atoms with Gasteiger partial charge in [-0.25, -0.2) is 0 Å². The minimum atomic E-state index is -0.366. The third-order valence-electron chi connectivity index (χ3n) is 5.53. The van der Waals surface area contributed by atoms with Gasteiger partial charge in [0.25, 0.3) is 0 Å². The monoisotopic (exact) mass is 436 g/mol. The van der Waals surface area contributed by atoms with Crippen LogP contribution in [0.2, 0.25) is 0 Å². The minimum Gasteiger partial charge on any atom is -0.326 e. The van der Waals surface area contributed by atoms with Gasteiger partial charge in [0.15, 0.2) is 0 Å². The number of nitrogens with one attached hydrogen (secondary N) is 1. The van der Waals surface area contributed by atoms with Crippen LogP contribution in [0.5, 0.6) is 0 Å². The lowest BCUT2D eigenvalue weighted by Gasteiger charge is -2.19. The average Bonchev–Trinajstić information content (AvgIpc) is 3.09. The van der Waals surface area contributed by atoms with Crippen LogP contribution in [0.4, 0.5) is 11.4 Å². The predicted molar refractivity (Wildman–Crippen MR) is 117 cm³/mol. The zero-order chi connectivity index (χ0) is 19.8. The van der Waals surface area contributed by atoms with Crippen molar-refractivity contribution in [2.45, 2.75) is 20.3 Å². The number of fused-ring (bicyclic) bond motifs is 1. The van der Waals surface area contributed by atoms with Gasteiger partial charge in [-0.1, -0.05) is 52.3 Å². The van der Waals surface area contributed by atoms with E-state index in [0.717, 1.165) is 37.7 Å². The highest BCUT2D eigenvalue weighted by molar-refractivity contribution is 9.10. The van der Waals surface area contributed by atoms with Gasteiger partial charge in [0.1, 0.15) is 0 Å². The molecule has 2 amide bonds. The Morgan fingerprint density at radius 2 is 1.79 bits per heavy atom. The van der Waals surface area contributed by atoms with Crippen LogP contribution in [0.3, 0.4) is 0 Å². The van der Waals surface area contributed by atoms with Crippen LogP contribution in [0.15, 0.2) is 59.1 Å². The first kappa shape index (κ1) is 18.7. The molecule has 0 aliphatic carbocycles. The molecule has 1 aliphatic heterocycles. The molecule has 1 atom stereocenters. The summed E-state index contributed by atoms with van der Waals surface area (Å²) in [5, 5.41) is 5.12. The number of amides is 2. The van der Waals surface area contributed by atoms with Gasteiger partial charge in [0, 0.05) is 28.5 Å². The van der Waals surface area contributed by atoms with Crippen molar-refractivity contribution in [1.82, 2.24) is 0 Å². The van der Waals surface area contributed by atoms with Crippen molar-refractivity contribution in [3.8, 4) is 0 Å². The Bertz CT molecular complexity index is 1090. The Morgan fingerprint density at radius 3 is 2.61 bits per heavy atom. The molecule has 3 aromatic rings. The Balaban J connectivity index is 1.56. The molecule has 4 nitrogen and oxygen atoms in total. The van der Waals surface area contributed by atoms with Crippen molar-refractivity contribution in [1.29, 1.82) is 0 Å². The van der Waals surface area contributed by atoms with Crippen LogP contribution in [0.25, 0.3) is 10.8 Å². The fraction of sp³-hybridized carbons (Fsp3) is 0.217. The van der Waals surface area contributed by atoms with Gasteiger partial charge in [0.05, 0.1) is 11.6 Å². The molecule has 1 N–H and O–H groups in total. The number of rotatable bonds is 3. The maximum atomic E-state index is 12.8. The molecule has 1 saturated heterocycles. The van der Waals surface area contributed by atoms with Crippen molar-refractivity contribution in [3.63, 3.8) is 0 Å². The van der Waals surface area contributed by atoms with Gasteiger partial charge in [-0.2, -0.15) is 0 Å². The number of carbonyl (C=O) groups is 2. The molecular formula is C23H21BrN2O2. The van der Waals surface area contributed by atoms with Crippen LogP contribution >= 0.6 is 15.9 Å². The van der Waals surface area contributed by atoms with E-state index in [2.05, 4.69) is 21.2 Å². The van der Waals surface area contributed by atoms with Crippen LogP contribution in [0, 0.1) is 19.8 Å². The minimum absolute atomic E-state index is 0.0137. The van der Waals surface area contributed by atoms with E-state index in [1.165, 1.54) is 0 Å². The van der Waals surface area contributed by atoms with Crippen molar-refractivity contribution in [2.24, 2.45) is 5.92 Å². The molecule has 28 heavy (non-hydrogen) atoms. The largest absolute Gasteiger partial charge is 0.326 e.